The first-order chi connectivity index (χ1) is 20.0. The monoisotopic (exact) mass is 557 g/mol. The van der Waals surface area contributed by atoms with Crippen LogP contribution in [0.1, 0.15) is 32.6 Å². The second kappa shape index (κ2) is 11.8. The number of aromatic amines is 1. The molecule has 3 aliphatic rings. The zero-order valence-corrected chi connectivity index (χ0v) is 23.4. The van der Waals surface area contributed by atoms with Crippen molar-refractivity contribution in [3.8, 4) is 11.3 Å². The minimum atomic E-state index is -0.457. The molecule has 2 aliphatic carbocycles. The van der Waals surface area contributed by atoms with Crippen LogP contribution in [0.5, 0.6) is 0 Å². The molecule has 41 heavy (non-hydrogen) atoms. The van der Waals surface area contributed by atoms with Crippen LogP contribution < -0.4 is 10.6 Å². The molecular formula is C30H36FN9O. The van der Waals surface area contributed by atoms with Crippen LogP contribution in [0.15, 0.2) is 53.1 Å². The molecular weight excluding hydrogens is 521 g/mol. The molecule has 3 N–H and O–H groups in total. The van der Waals surface area contributed by atoms with E-state index in [2.05, 4.69) is 53.3 Å². The highest BCUT2D eigenvalue weighted by Crippen LogP contribution is 2.32. The first kappa shape index (κ1) is 27.1. The Morgan fingerprint density at radius 1 is 1.20 bits per heavy atom. The molecule has 11 heteroatoms. The van der Waals surface area contributed by atoms with Gasteiger partial charge in [-0.05, 0) is 69.0 Å². The number of fused-ring (bicyclic) bond motifs is 1. The average molecular weight is 558 g/mol. The summed E-state index contributed by atoms with van der Waals surface area (Å²) in [6.07, 6.45) is 9.84. The van der Waals surface area contributed by atoms with Crippen molar-refractivity contribution in [3.05, 3.63) is 53.9 Å². The standard InChI is InChI=1S/C30H36FN9O/c1-3-19(17-39-10-12-40(13-11-39)29(41)21-6-7-21)14-25(32-2)38-30-36-23-9-8-22(15-24(23)37-30)27-26(31)28(35-18-34-27)33-16-20-4-5-20/h3,8-9,14-15,18,20-21H,2,4-7,10-13,16-17H2,1H3,(H,33,34,35)(H2,36,37,38)/b19-3+,25-14+. The van der Waals surface area contributed by atoms with Gasteiger partial charge in [-0.2, -0.15) is 0 Å². The summed E-state index contributed by atoms with van der Waals surface area (Å²) in [5, 5.41) is 6.33. The third-order valence-corrected chi connectivity index (χ3v) is 7.93. The van der Waals surface area contributed by atoms with E-state index in [1.165, 1.54) is 19.2 Å². The molecule has 0 unspecified atom stereocenters. The predicted octanol–water partition coefficient (Wildman–Crippen LogP) is 4.44. The number of halogens is 1. The smallest absolute Gasteiger partial charge is 0.225 e. The second-order valence-corrected chi connectivity index (χ2v) is 11.1. The number of hydrogen-bond donors (Lipinski definition) is 3. The Hall–Kier alpha value is -4.12. The van der Waals surface area contributed by atoms with E-state index in [1.807, 2.05) is 30.0 Å². The van der Waals surface area contributed by atoms with E-state index in [1.54, 1.807) is 6.07 Å². The van der Waals surface area contributed by atoms with Gasteiger partial charge < -0.3 is 20.5 Å². The molecule has 3 heterocycles. The molecule has 1 aromatic carbocycles. The topological polar surface area (TPSA) is 114 Å². The van der Waals surface area contributed by atoms with Gasteiger partial charge in [-0.1, -0.05) is 12.1 Å². The summed E-state index contributed by atoms with van der Waals surface area (Å²) in [6.45, 7) is 10.5. The number of nitrogens with one attached hydrogen (secondary N) is 3. The van der Waals surface area contributed by atoms with Crippen LogP contribution in [-0.2, 0) is 4.79 Å². The maximum Gasteiger partial charge on any atom is 0.225 e. The first-order valence-corrected chi connectivity index (χ1v) is 14.4. The van der Waals surface area contributed by atoms with E-state index < -0.39 is 5.82 Å². The van der Waals surface area contributed by atoms with Crippen LogP contribution in [-0.4, -0.2) is 81.6 Å². The molecule has 6 rings (SSSR count). The quantitative estimate of drug-likeness (QED) is 0.236. The molecule has 0 bridgehead atoms. The van der Waals surface area contributed by atoms with E-state index in [0.29, 0.717) is 29.2 Å². The van der Waals surface area contributed by atoms with Crippen LogP contribution in [0.4, 0.5) is 16.2 Å². The highest BCUT2D eigenvalue weighted by molar-refractivity contribution is 5.83. The van der Waals surface area contributed by atoms with E-state index in [4.69, 9.17) is 0 Å². The number of imidazole rings is 1. The van der Waals surface area contributed by atoms with E-state index in [-0.39, 0.29) is 17.4 Å². The van der Waals surface area contributed by atoms with Gasteiger partial charge in [0.2, 0.25) is 11.9 Å². The summed E-state index contributed by atoms with van der Waals surface area (Å²) >= 11 is 0. The molecule has 10 nitrogen and oxygen atoms in total. The third-order valence-electron chi connectivity index (χ3n) is 7.93. The maximum absolute atomic E-state index is 15.2. The number of carbonyl (C=O) groups excluding carboxylic acids is 1. The van der Waals surface area contributed by atoms with E-state index in [0.717, 1.165) is 68.7 Å². The summed E-state index contributed by atoms with van der Waals surface area (Å²) < 4.78 is 15.2. The average Bonchev–Trinajstić information content (AvgIpc) is 3.93. The van der Waals surface area contributed by atoms with Crippen molar-refractivity contribution in [1.82, 2.24) is 29.7 Å². The Morgan fingerprint density at radius 2 is 2.00 bits per heavy atom. The van der Waals surface area contributed by atoms with Gasteiger partial charge in [0.15, 0.2) is 11.6 Å². The van der Waals surface area contributed by atoms with Gasteiger partial charge in [0, 0.05) is 50.7 Å². The SMILES string of the molecule is C=N/C(=C\C(=C/C)CN1CCN(C(=O)C2CC2)CC1)Nc1nc2ccc(-c3ncnc(NCC4CC4)c3F)cc2[nH]1. The molecule has 0 spiro atoms. The lowest BCUT2D eigenvalue weighted by Crippen LogP contribution is -2.49. The van der Waals surface area contributed by atoms with Gasteiger partial charge in [-0.25, -0.2) is 24.3 Å². The zero-order chi connectivity index (χ0) is 28.3. The fourth-order valence-corrected chi connectivity index (χ4v) is 5.08. The predicted molar refractivity (Wildman–Crippen MR) is 159 cm³/mol. The Balaban J connectivity index is 1.11. The molecule has 3 fully saturated rings. The molecule has 1 aliphatic heterocycles. The number of aliphatic imine (C=N–C) groups is 1. The molecule has 214 valence electrons. The number of nitrogens with zero attached hydrogens (tertiary/aromatic N) is 6. The van der Waals surface area contributed by atoms with Gasteiger partial charge in [-0.3, -0.25) is 9.69 Å². The second-order valence-electron chi connectivity index (χ2n) is 11.1. The summed E-state index contributed by atoms with van der Waals surface area (Å²) in [5.74, 6) is 2.04. The molecule has 0 radical (unpaired) electrons. The lowest BCUT2D eigenvalue weighted by atomic mass is 10.1. The van der Waals surface area contributed by atoms with Crippen molar-refractivity contribution in [2.45, 2.75) is 32.6 Å². The Morgan fingerprint density at radius 3 is 2.71 bits per heavy atom. The molecule has 2 aromatic heterocycles. The van der Waals surface area contributed by atoms with Gasteiger partial charge >= 0.3 is 0 Å². The Bertz CT molecular complexity index is 1500. The number of carbonyl (C=O) groups is 1. The van der Waals surface area contributed by atoms with Crippen LogP contribution >= 0.6 is 0 Å². The molecule has 1 saturated heterocycles. The number of anilines is 2. The van der Waals surface area contributed by atoms with Crippen LogP contribution in [0.2, 0.25) is 0 Å². The van der Waals surface area contributed by atoms with Crippen LogP contribution in [0, 0.1) is 17.7 Å². The summed E-state index contributed by atoms with van der Waals surface area (Å²) in [6, 6.07) is 5.47. The number of hydrogen-bond acceptors (Lipinski definition) is 8. The first-order valence-electron chi connectivity index (χ1n) is 14.4. The van der Waals surface area contributed by atoms with Gasteiger partial charge in [0.1, 0.15) is 17.8 Å². The number of aromatic nitrogens is 4. The molecule has 0 atom stereocenters. The lowest BCUT2D eigenvalue weighted by Gasteiger charge is -2.35. The van der Waals surface area contributed by atoms with Crippen molar-refractivity contribution < 1.29 is 9.18 Å². The third kappa shape index (κ3) is 6.45. The minimum absolute atomic E-state index is 0.231. The number of benzene rings is 1. The number of H-pyrrole nitrogens is 1. The van der Waals surface area contributed by atoms with Crippen molar-refractivity contribution in [2.24, 2.45) is 16.8 Å². The minimum Gasteiger partial charge on any atom is -0.367 e. The van der Waals surface area contributed by atoms with Crippen molar-refractivity contribution in [2.75, 3.05) is 49.9 Å². The number of piperazine rings is 1. The number of allylic oxidation sites excluding steroid dienone is 1. The van der Waals surface area contributed by atoms with E-state index in [9.17, 15) is 4.79 Å². The normalized spacial score (nSPS) is 18.5. The number of amides is 1. The summed E-state index contributed by atoms with van der Waals surface area (Å²) in [5.41, 5.74) is 3.43. The van der Waals surface area contributed by atoms with Crippen molar-refractivity contribution in [3.63, 3.8) is 0 Å². The maximum atomic E-state index is 15.2. The summed E-state index contributed by atoms with van der Waals surface area (Å²) in [7, 11) is 0. The Labute approximate surface area is 238 Å². The van der Waals surface area contributed by atoms with Gasteiger partial charge in [0.25, 0.3) is 0 Å². The van der Waals surface area contributed by atoms with E-state index >= 15 is 4.39 Å². The largest absolute Gasteiger partial charge is 0.367 e. The fraction of sp³-hybridized carbons (Fsp3) is 0.433. The Kier molecular flexibility index (Phi) is 7.78. The fourth-order valence-electron chi connectivity index (χ4n) is 5.08. The van der Waals surface area contributed by atoms with Crippen LogP contribution in [0.25, 0.3) is 22.3 Å². The molecule has 3 aromatic rings. The van der Waals surface area contributed by atoms with Gasteiger partial charge in [-0.15, -0.1) is 0 Å². The van der Waals surface area contributed by atoms with Crippen molar-refractivity contribution >= 4 is 35.4 Å². The van der Waals surface area contributed by atoms with Gasteiger partial charge in [0.05, 0.1) is 11.0 Å². The molecule has 2 saturated carbocycles. The lowest BCUT2D eigenvalue weighted by molar-refractivity contribution is -0.134. The molecule has 1 amide bonds. The van der Waals surface area contributed by atoms with Crippen molar-refractivity contribution in [1.29, 1.82) is 0 Å². The zero-order valence-electron chi connectivity index (χ0n) is 23.4. The van der Waals surface area contributed by atoms with Crippen LogP contribution in [0.3, 0.4) is 0 Å². The number of rotatable bonds is 11. The highest BCUT2D eigenvalue weighted by atomic mass is 19.1. The highest BCUT2D eigenvalue weighted by Gasteiger charge is 2.34. The summed E-state index contributed by atoms with van der Waals surface area (Å²) in [4.78, 5) is 37.1.